The predicted molar refractivity (Wildman–Crippen MR) is 110 cm³/mol. The van der Waals surface area contributed by atoms with Gasteiger partial charge in [0.25, 0.3) is 11.2 Å². The first-order valence-electron chi connectivity index (χ1n) is 8.97. The molecule has 10 heteroatoms. The van der Waals surface area contributed by atoms with Crippen molar-refractivity contribution in [2.45, 2.75) is 13.3 Å². The van der Waals surface area contributed by atoms with Gasteiger partial charge in [-0.1, -0.05) is 24.3 Å². The number of hydrogen-bond donors (Lipinski definition) is 4. The number of carbonyl (C=O) groups excluding carboxylic acids is 1. The van der Waals surface area contributed by atoms with Crippen LogP contribution in [0.15, 0.2) is 47.3 Å². The van der Waals surface area contributed by atoms with Crippen molar-refractivity contribution >= 4 is 34.0 Å². The van der Waals surface area contributed by atoms with E-state index in [2.05, 4.69) is 26.1 Å². The standard InChI is InChI=1S/C19H20N6O4/c1-12-15(8-4-9-16(12)25(28)29)22-19(27)21-11-5-10-20-17-13-6-2-3-7-14(13)18(26)24-23-17/h2-4,6-9H,5,10-11H2,1H3,(H,20,23)(H,24,26)(H2,21,22,27). The van der Waals surface area contributed by atoms with Crippen LogP contribution in [0.25, 0.3) is 10.8 Å². The largest absolute Gasteiger partial charge is 0.368 e. The number of rotatable bonds is 7. The number of nitrogens with one attached hydrogen (secondary N) is 4. The van der Waals surface area contributed by atoms with Crippen LogP contribution in [0.1, 0.15) is 12.0 Å². The van der Waals surface area contributed by atoms with E-state index < -0.39 is 11.0 Å². The van der Waals surface area contributed by atoms with E-state index in [1.54, 1.807) is 25.1 Å². The van der Waals surface area contributed by atoms with Gasteiger partial charge in [-0.15, -0.1) is 0 Å². The second-order valence-corrected chi connectivity index (χ2v) is 6.31. The summed E-state index contributed by atoms with van der Waals surface area (Å²) in [5.74, 6) is 0.567. The summed E-state index contributed by atoms with van der Waals surface area (Å²) < 4.78 is 0. The fourth-order valence-electron chi connectivity index (χ4n) is 2.87. The van der Waals surface area contributed by atoms with E-state index >= 15 is 0 Å². The first-order chi connectivity index (χ1) is 14.0. The van der Waals surface area contributed by atoms with Crippen molar-refractivity contribution in [1.29, 1.82) is 0 Å². The number of aromatic amines is 1. The van der Waals surface area contributed by atoms with Gasteiger partial charge in [-0.2, -0.15) is 5.10 Å². The molecule has 1 heterocycles. The normalized spacial score (nSPS) is 10.5. The average molecular weight is 396 g/mol. The Morgan fingerprint density at radius 3 is 2.66 bits per heavy atom. The van der Waals surface area contributed by atoms with Crippen LogP contribution >= 0.6 is 0 Å². The second kappa shape index (κ2) is 8.83. The summed E-state index contributed by atoms with van der Waals surface area (Å²) in [5, 5.41) is 27.2. The number of anilines is 2. The van der Waals surface area contributed by atoms with E-state index in [4.69, 9.17) is 0 Å². The number of aromatic nitrogens is 2. The van der Waals surface area contributed by atoms with Crippen LogP contribution in [0.2, 0.25) is 0 Å². The molecule has 0 bridgehead atoms. The minimum Gasteiger partial charge on any atom is -0.368 e. The smallest absolute Gasteiger partial charge is 0.319 e. The van der Waals surface area contributed by atoms with Crippen molar-refractivity contribution in [1.82, 2.24) is 15.5 Å². The number of H-pyrrole nitrogens is 1. The van der Waals surface area contributed by atoms with Crippen LogP contribution < -0.4 is 21.5 Å². The molecule has 0 fully saturated rings. The van der Waals surface area contributed by atoms with Crippen molar-refractivity contribution in [3.8, 4) is 0 Å². The summed E-state index contributed by atoms with van der Waals surface area (Å²) in [6, 6.07) is 11.2. The highest BCUT2D eigenvalue weighted by Gasteiger charge is 2.14. The van der Waals surface area contributed by atoms with Gasteiger partial charge >= 0.3 is 6.03 Å². The van der Waals surface area contributed by atoms with Gasteiger partial charge in [0.2, 0.25) is 0 Å². The molecule has 150 valence electrons. The summed E-state index contributed by atoms with van der Waals surface area (Å²) in [5.41, 5.74) is 0.484. The maximum atomic E-state index is 12.0. The molecule has 0 aliphatic rings. The molecule has 4 N–H and O–H groups in total. The lowest BCUT2D eigenvalue weighted by Crippen LogP contribution is -2.30. The lowest BCUT2D eigenvalue weighted by Gasteiger charge is -2.11. The molecule has 10 nitrogen and oxygen atoms in total. The zero-order valence-corrected chi connectivity index (χ0v) is 15.7. The van der Waals surface area contributed by atoms with Crippen molar-refractivity contribution in [3.05, 3.63) is 68.5 Å². The summed E-state index contributed by atoms with van der Waals surface area (Å²) in [6.45, 7) is 2.49. The quantitative estimate of drug-likeness (QED) is 0.275. The van der Waals surface area contributed by atoms with Gasteiger partial charge in [0.05, 0.1) is 21.6 Å². The number of benzene rings is 2. The Morgan fingerprint density at radius 2 is 1.90 bits per heavy atom. The maximum absolute atomic E-state index is 12.0. The van der Waals surface area contributed by atoms with Crippen LogP contribution in [-0.4, -0.2) is 34.2 Å². The van der Waals surface area contributed by atoms with Crippen molar-refractivity contribution in [2.75, 3.05) is 23.7 Å². The molecule has 3 rings (SSSR count). The molecule has 3 aromatic rings. The van der Waals surface area contributed by atoms with Gasteiger partial charge in [-0.3, -0.25) is 14.9 Å². The maximum Gasteiger partial charge on any atom is 0.319 e. The van der Waals surface area contributed by atoms with E-state index in [0.717, 1.165) is 5.39 Å². The third-order valence-corrected chi connectivity index (χ3v) is 4.38. The Labute approximate surface area is 165 Å². The number of nitro benzene ring substituents is 1. The van der Waals surface area contributed by atoms with Crippen LogP contribution in [0.5, 0.6) is 0 Å². The molecular formula is C19H20N6O4. The van der Waals surface area contributed by atoms with Crippen molar-refractivity contribution in [2.24, 2.45) is 0 Å². The first kappa shape index (κ1) is 19.8. The lowest BCUT2D eigenvalue weighted by atomic mass is 10.1. The van der Waals surface area contributed by atoms with E-state index in [9.17, 15) is 19.7 Å². The molecule has 0 radical (unpaired) electrons. The Hall–Kier alpha value is -3.95. The number of amides is 2. The van der Waals surface area contributed by atoms with Crippen LogP contribution in [0.3, 0.4) is 0 Å². The van der Waals surface area contributed by atoms with Crippen molar-refractivity contribution in [3.63, 3.8) is 0 Å². The third-order valence-electron chi connectivity index (χ3n) is 4.38. The molecule has 2 aromatic carbocycles. The Bertz CT molecular complexity index is 1110. The number of fused-ring (bicyclic) bond motifs is 1. The SMILES string of the molecule is Cc1c(NC(=O)NCCCNc2n[nH]c(=O)c3ccccc23)cccc1[N+](=O)[O-]. The molecule has 0 aliphatic heterocycles. The fourth-order valence-corrected chi connectivity index (χ4v) is 2.87. The highest BCUT2D eigenvalue weighted by molar-refractivity contribution is 5.91. The molecule has 0 spiro atoms. The molecular weight excluding hydrogens is 376 g/mol. The minimum absolute atomic E-state index is 0.0485. The minimum atomic E-state index is -0.487. The Kier molecular flexibility index (Phi) is 6.03. The van der Waals surface area contributed by atoms with E-state index in [0.29, 0.717) is 42.0 Å². The molecule has 2 amide bonds. The van der Waals surface area contributed by atoms with Crippen LogP contribution in [0, 0.1) is 17.0 Å². The molecule has 0 aliphatic carbocycles. The number of urea groups is 1. The third kappa shape index (κ3) is 4.67. The van der Waals surface area contributed by atoms with Crippen molar-refractivity contribution < 1.29 is 9.72 Å². The number of hydrogen-bond acceptors (Lipinski definition) is 6. The Balaban J connectivity index is 1.49. The Morgan fingerprint density at radius 1 is 1.14 bits per heavy atom. The van der Waals surface area contributed by atoms with E-state index in [1.807, 2.05) is 12.1 Å². The van der Waals surface area contributed by atoms with E-state index in [-0.39, 0.29) is 11.2 Å². The second-order valence-electron chi connectivity index (χ2n) is 6.31. The molecule has 0 atom stereocenters. The number of carbonyl (C=O) groups is 1. The van der Waals surface area contributed by atoms with Gasteiger partial charge in [0.1, 0.15) is 0 Å². The monoisotopic (exact) mass is 396 g/mol. The number of nitrogens with zero attached hydrogens (tertiary/aromatic N) is 2. The first-order valence-corrected chi connectivity index (χ1v) is 8.97. The lowest BCUT2D eigenvalue weighted by molar-refractivity contribution is -0.385. The van der Waals surface area contributed by atoms with Crippen LogP contribution in [0.4, 0.5) is 22.0 Å². The molecule has 29 heavy (non-hydrogen) atoms. The van der Waals surface area contributed by atoms with Gasteiger partial charge < -0.3 is 16.0 Å². The predicted octanol–water partition coefficient (Wildman–Crippen LogP) is 2.76. The average Bonchev–Trinajstić information content (AvgIpc) is 2.71. The van der Waals surface area contributed by atoms with Gasteiger partial charge in [0.15, 0.2) is 5.82 Å². The summed E-state index contributed by atoms with van der Waals surface area (Å²) in [7, 11) is 0. The fraction of sp³-hybridized carbons (Fsp3) is 0.211. The van der Waals surface area contributed by atoms with Gasteiger partial charge in [-0.25, -0.2) is 9.89 Å². The summed E-state index contributed by atoms with van der Waals surface area (Å²) in [4.78, 5) is 34.3. The topological polar surface area (TPSA) is 142 Å². The molecule has 1 aromatic heterocycles. The number of nitro groups is 1. The van der Waals surface area contributed by atoms with Crippen LogP contribution in [-0.2, 0) is 0 Å². The zero-order chi connectivity index (χ0) is 20.8. The highest BCUT2D eigenvalue weighted by atomic mass is 16.6. The molecule has 0 saturated carbocycles. The molecule has 0 saturated heterocycles. The van der Waals surface area contributed by atoms with Gasteiger partial charge in [-0.05, 0) is 25.5 Å². The van der Waals surface area contributed by atoms with E-state index in [1.165, 1.54) is 12.1 Å². The zero-order valence-electron chi connectivity index (χ0n) is 15.7. The highest BCUT2D eigenvalue weighted by Crippen LogP contribution is 2.24. The summed E-state index contributed by atoms with van der Waals surface area (Å²) >= 11 is 0. The summed E-state index contributed by atoms with van der Waals surface area (Å²) in [6.07, 6.45) is 0.608. The van der Waals surface area contributed by atoms with Gasteiger partial charge in [0, 0.05) is 24.5 Å². The molecule has 0 unspecified atom stereocenters.